The Kier molecular flexibility index (Phi) is 6.97. The van der Waals surface area contributed by atoms with Crippen LogP contribution in [0.15, 0.2) is 5.10 Å². The molecule has 2 spiro atoms. The van der Waals surface area contributed by atoms with Crippen LogP contribution in [0.4, 0.5) is 0 Å². The molecule has 0 aromatic rings. The summed E-state index contributed by atoms with van der Waals surface area (Å²) in [6.07, 6.45) is 11.9. The second kappa shape index (κ2) is 10.1. The molecule has 0 aromatic heterocycles. The molecule has 6 heterocycles. The summed E-state index contributed by atoms with van der Waals surface area (Å²) in [5.41, 5.74) is 3.03. The molecule has 10 rings (SSSR count). The van der Waals surface area contributed by atoms with Crippen molar-refractivity contribution in [1.82, 2.24) is 5.43 Å². The maximum Gasteiger partial charge on any atom is 0.136 e. The van der Waals surface area contributed by atoms with Crippen molar-refractivity contribution in [3.63, 3.8) is 0 Å². The van der Waals surface area contributed by atoms with Crippen molar-refractivity contribution in [1.29, 1.82) is 0 Å². The molecule has 10 aliphatic rings. The average molecular weight is 601 g/mol. The lowest BCUT2D eigenvalue weighted by Crippen LogP contribution is -2.71. The molecule has 10 fully saturated rings. The molecule has 43 heavy (non-hydrogen) atoms. The minimum Gasteiger partial charge on any atom is -0.371 e. The number of hydrazone groups is 1. The Bertz CT molecular complexity index is 1140. The van der Waals surface area contributed by atoms with E-state index in [4.69, 9.17) is 34.1 Å². The Balaban J connectivity index is 1.10. The van der Waals surface area contributed by atoms with Crippen LogP contribution in [-0.4, -0.2) is 59.6 Å². The fourth-order valence-electron chi connectivity index (χ4n) is 12.2. The topological polar surface area (TPSA) is 79.8 Å². The lowest BCUT2D eigenvalue weighted by Gasteiger charge is -2.62. The molecule has 6 aliphatic heterocycles. The molecule has 4 aliphatic carbocycles. The lowest BCUT2D eigenvalue weighted by atomic mass is 9.55. The quantitative estimate of drug-likeness (QED) is 0.228. The van der Waals surface area contributed by atoms with Gasteiger partial charge in [-0.15, -0.1) is 0 Å². The van der Waals surface area contributed by atoms with Gasteiger partial charge in [-0.3, -0.25) is 0 Å². The Labute approximate surface area is 258 Å². The zero-order valence-corrected chi connectivity index (χ0v) is 27.6. The van der Waals surface area contributed by atoms with Crippen LogP contribution in [0, 0.1) is 47.3 Å². The summed E-state index contributed by atoms with van der Waals surface area (Å²) in [5, 5.41) is 4.99. The number of nitrogens with one attached hydrogen (secondary N) is 1. The van der Waals surface area contributed by atoms with Crippen LogP contribution in [0.1, 0.15) is 112 Å². The highest BCUT2D eigenvalue weighted by atomic mass is 17.2. The Morgan fingerprint density at radius 2 is 1.21 bits per heavy atom. The monoisotopic (exact) mass is 600 g/mol. The van der Waals surface area contributed by atoms with Crippen molar-refractivity contribution in [2.24, 2.45) is 52.4 Å². The molecule has 8 nitrogen and oxygen atoms in total. The summed E-state index contributed by atoms with van der Waals surface area (Å²) in [4.78, 5) is 25.6. The largest absolute Gasteiger partial charge is 0.371 e. The summed E-state index contributed by atoms with van der Waals surface area (Å²) in [7, 11) is 1.92. The molecule has 0 amide bonds. The van der Waals surface area contributed by atoms with Crippen LogP contribution < -0.4 is 5.43 Å². The highest BCUT2D eigenvalue weighted by Gasteiger charge is 2.70. The van der Waals surface area contributed by atoms with Gasteiger partial charge in [-0.1, -0.05) is 27.7 Å². The van der Waals surface area contributed by atoms with Gasteiger partial charge in [0.15, 0.2) is 0 Å². The number of fused-ring (bicyclic) bond motifs is 4. The van der Waals surface area contributed by atoms with E-state index in [-0.39, 0.29) is 52.7 Å². The highest BCUT2D eigenvalue weighted by Crippen LogP contribution is 2.63. The van der Waals surface area contributed by atoms with Gasteiger partial charge in [-0.25, -0.2) is 19.6 Å². The Morgan fingerprint density at radius 1 is 0.674 bits per heavy atom. The fraction of sp³-hybridized carbons (Fsp3) is 0.971. The second-order valence-corrected chi connectivity index (χ2v) is 16.9. The summed E-state index contributed by atoms with van der Waals surface area (Å²) >= 11 is 0. The summed E-state index contributed by atoms with van der Waals surface area (Å²) in [5.74, 6) is 3.64. The number of nitrogens with zero attached hydrogens (tertiary/aromatic N) is 1. The first-order valence-electron chi connectivity index (χ1n) is 17.8. The van der Waals surface area contributed by atoms with E-state index in [9.17, 15) is 0 Å². The smallest absolute Gasteiger partial charge is 0.136 e. The molecule has 6 saturated heterocycles. The number of hydrogen-bond acceptors (Lipinski definition) is 8. The van der Waals surface area contributed by atoms with Crippen LogP contribution in [0.3, 0.4) is 0 Å². The van der Waals surface area contributed by atoms with Crippen molar-refractivity contribution in [2.75, 3.05) is 7.05 Å². The molecule has 242 valence electrons. The van der Waals surface area contributed by atoms with Crippen LogP contribution in [0.5, 0.6) is 0 Å². The van der Waals surface area contributed by atoms with Crippen molar-refractivity contribution < 1.29 is 29.0 Å². The van der Waals surface area contributed by atoms with Crippen molar-refractivity contribution in [3.05, 3.63) is 0 Å². The van der Waals surface area contributed by atoms with E-state index in [1.807, 2.05) is 7.05 Å². The molecule has 16 atom stereocenters. The third-order valence-electron chi connectivity index (χ3n) is 14.5. The van der Waals surface area contributed by atoms with Gasteiger partial charge in [-0.05, 0) is 113 Å². The maximum absolute atomic E-state index is 7.26. The van der Waals surface area contributed by atoms with E-state index in [2.05, 4.69) is 47.0 Å². The Morgan fingerprint density at radius 3 is 1.77 bits per heavy atom. The van der Waals surface area contributed by atoms with Gasteiger partial charge in [0, 0.05) is 26.3 Å². The predicted octanol–water partition coefficient (Wildman–Crippen LogP) is 6.37. The highest BCUT2D eigenvalue weighted by molar-refractivity contribution is 5.89. The van der Waals surface area contributed by atoms with Gasteiger partial charge in [0.1, 0.15) is 28.5 Å². The molecular formula is C35H56N2O6. The zero-order valence-electron chi connectivity index (χ0n) is 27.6. The minimum atomic E-state index is -0.352. The number of rotatable bonds is 4. The van der Waals surface area contributed by atoms with E-state index < -0.39 is 0 Å². The van der Waals surface area contributed by atoms with E-state index in [0.717, 1.165) is 50.7 Å². The van der Waals surface area contributed by atoms with Gasteiger partial charge in [0.2, 0.25) is 0 Å². The van der Waals surface area contributed by atoms with Crippen molar-refractivity contribution in [3.8, 4) is 0 Å². The van der Waals surface area contributed by atoms with Crippen LogP contribution in [-0.2, 0) is 29.0 Å². The predicted molar refractivity (Wildman–Crippen MR) is 162 cm³/mol. The first-order valence-corrected chi connectivity index (χ1v) is 17.8. The third-order valence-corrected chi connectivity index (χ3v) is 14.5. The standard InChI is InChI=1S/C35H56N2O6/c1-19-8-10-25-21(3)28(38-29-17-32(5)14-12-23(19)34(25,29)42-40-32)16-27(37-36-7)31-22(4)26-11-9-20(2)24-13-15-33(6)18-30(39-31)35(24,26)43-41-33/h19-26,28-31,36H,8-18H2,1-7H3/b37-27-/t19-,20-,21-,22-,23+,24+,25+,26+,28-,29-,30-,31+,32+,33+,34-,35-/m1/s1. The maximum atomic E-state index is 7.26. The van der Waals surface area contributed by atoms with Crippen LogP contribution >= 0.6 is 0 Å². The second-order valence-electron chi connectivity index (χ2n) is 16.9. The fourth-order valence-corrected chi connectivity index (χ4v) is 12.2. The zero-order chi connectivity index (χ0) is 29.9. The van der Waals surface area contributed by atoms with Crippen molar-refractivity contribution >= 4 is 5.71 Å². The molecule has 8 heteroatoms. The first-order chi connectivity index (χ1) is 20.5. The first kappa shape index (κ1) is 29.6. The molecule has 0 radical (unpaired) electrons. The number of hydrogen-bond donors (Lipinski definition) is 1. The normalized spacial score (nSPS) is 59.1. The average Bonchev–Trinajstić information content (AvgIpc) is 3.35. The van der Waals surface area contributed by atoms with E-state index >= 15 is 0 Å². The van der Waals surface area contributed by atoms with E-state index in [1.54, 1.807) is 0 Å². The number of ether oxygens (including phenoxy) is 2. The molecule has 1 N–H and O–H groups in total. The molecule has 0 unspecified atom stereocenters. The summed E-state index contributed by atoms with van der Waals surface area (Å²) in [6, 6.07) is 0. The van der Waals surface area contributed by atoms with Gasteiger partial charge in [-0.2, -0.15) is 5.10 Å². The van der Waals surface area contributed by atoms with Gasteiger partial charge in [0.25, 0.3) is 0 Å². The van der Waals surface area contributed by atoms with E-state index in [1.165, 1.54) is 25.7 Å². The van der Waals surface area contributed by atoms with Gasteiger partial charge < -0.3 is 14.9 Å². The lowest BCUT2D eigenvalue weighted by molar-refractivity contribution is -0.487. The molecule has 4 bridgehead atoms. The Hall–Kier alpha value is -0.770. The van der Waals surface area contributed by atoms with Gasteiger partial charge in [0.05, 0.1) is 24.0 Å². The molecular weight excluding hydrogens is 544 g/mol. The van der Waals surface area contributed by atoms with Crippen molar-refractivity contribution in [2.45, 2.75) is 159 Å². The van der Waals surface area contributed by atoms with Crippen LogP contribution in [0.2, 0.25) is 0 Å². The molecule has 0 aromatic carbocycles. The summed E-state index contributed by atoms with van der Waals surface area (Å²) < 4.78 is 14.5. The SMILES string of the molecule is CN/N=C(/C[C@H]1O[C@@H]2C[C@]3(C)CC[C@H]4[C@H](C)CC[C@@H]([C@H]1C)[C@@]24OO3)[C@H]1O[C@@H]2C[C@]3(C)CC[C@H]4[C@H](C)CC[C@@H]([C@H]1C)[C@@]24OO3. The van der Waals surface area contributed by atoms with Gasteiger partial charge >= 0.3 is 0 Å². The third kappa shape index (κ3) is 4.11. The summed E-state index contributed by atoms with van der Waals surface area (Å²) in [6.45, 7) is 14.1. The van der Waals surface area contributed by atoms with Crippen LogP contribution in [0.25, 0.3) is 0 Å². The van der Waals surface area contributed by atoms with E-state index in [0.29, 0.717) is 41.4 Å². The molecule has 4 saturated carbocycles. The minimum absolute atomic E-state index is 0.0198.